The number of ether oxygens (including phenoxy) is 1. The van der Waals surface area contributed by atoms with Crippen LogP contribution >= 0.6 is 27.7 Å². The van der Waals surface area contributed by atoms with Crippen LogP contribution in [0.25, 0.3) is 0 Å². The Labute approximate surface area is 115 Å². The quantitative estimate of drug-likeness (QED) is 0.920. The molecule has 0 saturated carbocycles. The fourth-order valence-corrected chi connectivity index (χ4v) is 3.63. The molecule has 1 heterocycles. The van der Waals surface area contributed by atoms with Gasteiger partial charge in [-0.1, -0.05) is 6.07 Å². The summed E-state index contributed by atoms with van der Waals surface area (Å²) in [7, 11) is 0. The van der Waals surface area contributed by atoms with Crippen molar-refractivity contribution in [3.8, 4) is 0 Å². The molecule has 0 bridgehead atoms. The third-order valence-corrected chi connectivity index (χ3v) is 5.23. The van der Waals surface area contributed by atoms with Crippen molar-refractivity contribution >= 4 is 27.7 Å². The molecule has 0 aliphatic carbocycles. The number of halogens is 1. The van der Waals surface area contributed by atoms with Crippen molar-refractivity contribution in [1.29, 1.82) is 0 Å². The summed E-state index contributed by atoms with van der Waals surface area (Å²) in [4.78, 5) is 1.25. The van der Waals surface area contributed by atoms with Gasteiger partial charge in [-0.3, -0.25) is 0 Å². The van der Waals surface area contributed by atoms with Gasteiger partial charge in [-0.15, -0.1) is 11.8 Å². The zero-order valence-electron chi connectivity index (χ0n) is 9.86. The first-order valence-corrected chi connectivity index (χ1v) is 7.56. The summed E-state index contributed by atoms with van der Waals surface area (Å²) >= 11 is 5.48. The maximum atomic E-state index is 9.52. The number of aliphatic hydroxyl groups excluding tert-OH is 1. The minimum atomic E-state index is -0.409. The molecule has 17 heavy (non-hydrogen) atoms. The van der Waals surface area contributed by atoms with Crippen LogP contribution < -0.4 is 0 Å². The molecule has 0 aromatic heterocycles. The minimum Gasteiger partial charge on any atom is -0.389 e. The van der Waals surface area contributed by atoms with Crippen molar-refractivity contribution in [2.75, 3.05) is 13.2 Å². The summed E-state index contributed by atoms with van der Waals surface area (Å²) in [5.41, 5.74) is 0.952. The van der Waals surface area contributed by atoms with E-state index in [0.717, 1.165) is 36.1 Å². The van der Waals surface area contributed by atoms with Crippen LogP contribution in [0.1, 0.15) is 31.4 Å². The molecular weight excluding hydrogens is 300 g/mol. The highest BCUT2D eigenvalue weighted by Crippen LogP contribution is 2.35. The Morgan fingerprint density at radius 2 is 2.12 bits per heavy atom. The lowest BCUT2D eigenvalue weighted by atomic mass is 10.1. The van der Waals surface area contributed by atoms with Crippen molar-refractivity contribution in [1.82, 2.24) is 0 Å². The molecule has 0 unspecified atom stereocenters. The third kappa shape index (κ3) is 3.71. The Kier molecular flexibility index (Phi) is 4.91. The van der Waals surface area contributed by atoms with E-state index in [2.05, 4.69) is 22.0 Å². The van der Waals surface area contributed by atoms with Gasteiger partial charge < -0.3 is 9.84 Å². The standard InChI is InChI=1S/C13H17BrO2S/c1-9(15)10-2-3-13(12(14)8-10)17-11-4-6-16-7-5-11/h2-3,8-9,11,15H,4-7H2,1H3/t9-/m0/s1. The van der Waals surface area contributed by atoms with Crippen LogP contribution in [0.2, 0.25) is 0 Å². The maximum absolute atomic E-state index is 9.52. The molecule has 1 fully saturated rings. The Balaban J connectivity index is 2.05. The highest BCUT2D eigenvalue weighted by molar-refractivity contribution is 9.10. The van der Waals surface area contributed by atoms with Crippen LogP contribution in [0.15, 0.2) is 27.6 Å². The van der Waals surface area contributed by atoms with Gasteiger partial charge in [0.05, 0.1) is 6.10 Å². The van der Waals surface area contributed by atoms with Crippen LogP contribution in [0.5, 0.6) is 0 Å². The van der Waals surface area contributed by atoms with Crippen molar-refractivity contribution < 1.29 is 9.84 Å². The lowest BCUT2D eigenvalue weighted by Gasteiger charge is -2.22. The smallest absolute Gasteiger partial charge is 0.0762 e. The van der Waals surface area contributed by atoms with Crippen molar-refractivity contribution in [2.24, 2.45) is 0 Å². The number of benzene rings is 1. The first kappa shape index (κ1) is 13.4. The lowest BCUT2D eigenvalue weighted by Crippen LogP contribution is -2.17. The summed E-state index contributed by atoms with van der Waals surface area (Å²) < 4.78 is 6.44. The normalized spacial score (nSPS) is 19.2. The zero-order chi connectivity index (χ0) is 12.3. The zero-order valence-corrected chi connectivity index (χ0v) is 12.3. The van der Waals surface area contributed by atoms with Gasteiger partial charge in [-0.05, 0) is 53.4 Å². The third-order valence-electron chi connectivity index (χ3n) is 2.90. The first-order chi connectivity index (χ1) is 8.16. The van der Waals surface area contributed by atoms with Gasteiger partial charge in [0.2, 0.25) is 0 Å². The van der Waals surface area contributed by atoms with Crippen LogP contribution in [0.3, 0.4) is 0 Å². The van der Waals surface area contributed by atoms with Crippen molar-refractivity contribution in [2.45, 2.75) is 36.0 Å². The fraction of sp³-hybridized carbons (Fsp3) is 0.538. The molecule has 1 aliphatic rings. The average Bonchev–Trinajstić information content (AvgIpc) is 2.33. The van der Waals surface area contributed by atoms with E-state index in [-0.39, 0.29) is 0 Å². The SMILES string of the molecule is C[C@H](O)c1ccc(SC2CCOCC2)c(Br)c1. The average molecular weight is 317 g/mol. The monoisotopic (exact) mass is 316 g/mol. The van der Waals surface area contributed by atoms with E-state index in [1.54, 1.807) is 6.92 Å². The van der Waals surface area contributed by atoms with E-state index in [0.29, 0.717) is 5.25 Å². The molecule has 1 aromatic rings. The summed E-state index contributed by atoms with van der Waals surface area (Å²) in [6.45, 7) is 3.54. The summed E-state index contributed by atoms with van der Waals surface area (Å²) in [5.74, 6) is 0. The maximum Gasteiger partial charge on any atom is 0.0762 e. The second-order valence-electron chi connectivity index (χ2n) is 4.30. The number of rotatable bonds is 3. The Morgan fingerprint density at radius 3 is 2.71 bits per heavy atom. The number of hydrogen-bond donors (Lipinski definition) is 1. The minimum absolute atomic E-state index is 0.409. The molecule has 1 aliphatic heterocycles. The molecule has 1 saturated heterocycles. The predicted octanol–water partition coefficient (Wildman–Crippen LogP) is 3.77. The van der Waals surface area contributed by atoms with E-state index < -0.39 is 6.10 Å². The summed E-state index contributed by atoms with van der Waals surface area (Å²) in [6, 6.07) is 6.09. The van der Waals surface area contributed by atoms with E-state index >= 15 is 0 Å². The Bertz CT molecular complexity index is 376. The molecule has 2 rings (SSSR count). The molecule has 94 valence electrons. The molecule has 4 heteroatoms. The van der Waals surface area contributed by atoms with Crippen LogP contribution in [0, 0.1) is 0 Å². The van der Waals surface area contributed by atoms with Gasteiger partial charge in [0.15, 0.2) is 0 Å². The molecule has 2 nitrogen and oxygen atoms in total. The molecule has 1 aromatic carbocycles. The molecule has 1 atom stereocenters. The summed E-state index contributed by atoms with van der Waals surface area (Å²) in [6.07, 6.45) is 1.83. The highest BCUT2D eigenvalue weighted by Gasteiger charge is 2.16. The van der Waals surface area contributed by atoms with E-state index in [1.807, 2.05) is 23.9 Å². The van der Waals surface area contributed by atoms with Crippen molar-refractivity contribution in [3.05, 3.63) is 28.2 Å². The number of hydrogen-bond acceptors (Lipinski definition) is 3. The predicted molar refractivity (Wildman–Crippen MR) is 74.5 cm³/mol. The molecule has 0 spiro atoms. The molecule has 0 amide bonds. The molecule has 1 N–H and O–H groups in total. The summed E-state index contributed by atoms with van der Waals surface area (Å²) in [5, 5.41) is 10.2. The van der Waals surface area contributed by atoms with E-state index in [4.69, 9.17) is 4.74 Å². The van der Waals surface area contributed by atoms with Gasteiger partial charge in [-0.25, -0.2) is 0 Å². The van der Waals surface area contributed by atoms with Crippen molar-refractivity contribution in [3.63, 3.8) is 0 Å². The lowest BCUT2D eigenvalue weighted by molar-refractivity contribution is 0.100. The second-order valence-corrected chi connectivity index (χ2v) is 6.49. The van der Waals surface area contributed by atoms with E-state index in [1.165, 1.54) is 4.90 Å². The number of thioether (sulfide) groups is 1. The largest absolute Gasteiger partial charge is 0.389 e. The molecule has 0 radical (unpaired) electrons. The van der Waals surface area contributed by atoms with Gasteiger partial charge in [0, 0.05) is 27.8 Å². The first-order valence-electron chi connectivity index (χ1n) is 5.88. The topological polar surface area (TPSA) is 29.5 Å². The second kappa shape index (κ2) is 6.23. The fourth-order valence-electron chi connectivity index (χ4n) is 1.85. The highest BCUT2D eigenvalue weighted by atomic mass is 79.9. The van der Waals surface area contributed by atoms with Gasteiger partial charge in [-0.2, -0.15) is 0 Å². The van der Waals surface area contributed by atoms with Crippen LogP contribution in [0.4, 0.5) is 0 Å². The molecular formula is C13H17BrO2S. The Morgan fingerprint density at radius 1 is 1.41 bits per heavy atom. The van der Waals surface area contributed by atoms with Crippen LogP contribution in [-0.4, -0.2) is 23.6 Å². The van der Waals surface area contributed by atoms with Gasteiger partial charge in [0.25, 0.3) is 0 Å². The van der Waals surface area contributed by atoms with Gasteiger partial charge >= 0.3 is 0 Å². The number of aliphatic hydroxyl groups is 1. The van der Waals surface area contributed by atoms with Crippen LogP contribution in [-0.2, 0) is 4.74 Å². The Hall–Kier alpha value is -0.0300. The van der Waals surface area contributed by atoms with Gasteiger partial charge in [0.1, 0.15) is 0 Å². The van der Waals surface area contributed by atoms with E-state index in [9.17, 15) is 5.11 Å².